The van der Waals surface area contributed by atoms with Crippen molar-refractivity contribution >= 4 is 11.9 Å². The van der Waals surface area contributed by atoms with Crippen LogP contribution >= 0.6 is 0 Å². The third-order valence-corrected chi connectivity index (χ3v) is 3.92. The number of hydrogen-bond donors (Lipinski definition) is 2. The van der Waals surface area contributed by atoms with E-state index in [2.05, 4.69) is 5.32 Å². The van der Waals surface area contributed by atoms with Gasteiger partial charge in [0.2, 0.25) is 0 Å². The molecule has 0 heterocycles. The average Bonchev–Trinajstić information content (AvgIpc) is 3.30. The first-order valence-corrected chi connectivity index (χ1v) is 7.21. The topological polar surface area (TPSA) is 84.9 Å². The molecule has 0 spiro atoms. The molecule has 22 heavy (non-hydrogen) atoms. The highest BCUT2D eigenvalue weighted by atomic mass is 16.5. The Morgan fingerprint density at radius 1 is 1.27 bits per heavy atom. The minimum absolute atomic E-state index is 0.0590. The smallest absolute Gasteiger partial charge is 0.305 e. The predicted octanol–water partition coefficient (Wildman–Crippen LogP) is 2.00. The van der Waals surface area contributed by atoms with Gasteiger partial charge in [-0.1, -0.05) is 0 Å². The van der Waals surface area contributed by atoms with Crippen LogP contribution in [0.3, 0.4) is 0 Å². The summed E-state index contributed by atoms with van der Waals surface area (Å²) in [6.07, 6.45) is 1.86. The van der Waals surface area contributed by atoms with Gasteiger partial charge in [0.05, 0.1) is 20.6 Å². The SMILES string of the molecule is COc1cc(C(=O)NC(CC(=O)O)C2CC2)cc(OC)c1C. The molecule has 1 aromatic rings. The molecule has 0 radical (unpaired) electrons. The van der Waals surface area contributed by atoms with Crippen molar-refractivity contribution < 1.29 is 24.2 Å². The number of rotatable bonds is 7. The Hall–Kier alpha value is -2.24. The molecule has 6 nitrogen and oxygen atoms in total. The highest BCUT2D eigenvalue weighted by molar-refractivity contribution is 5.95. The summed E-state index contributed by atoms with van der Waals surface area (Å²) in [5, 5.41) is 11.8. The van der Waals surface area contributed by atoms with Crippen molar-refractivity contribution in [1.29, 1.82) is 0 Å². The Kier molecular flexibility index (Phi) is 4.90. The summed E-state index contributed by atoms with van der Waals surface area (Å²) in [4.78, 5) is 23.3. The van der Waals surface area contributed by atoms with Crippen molar-refractivity contribution in [2.24, 2.45) is 5.92 Å². The van der Waals surface area contributed by atoms with Gasteiger partial charge in [-0.25, -0.2) is 0 Å². The molecule has 120 valence electrons. The van der Waals surface area contributed by atoms with Crippen LogP contribution in [0.25, 0.3) is 0 Å². The van der Waals surface area contributed by atoms with Crippen LogP contribution in [-0.4, -0.2) is 37.2 Å². The molecular formula is C16H21NO5. The van der Waals surface area contributed by atoms with Gasteiger partial charge in [0, 0.05) is 17.2 Å². The zero-order chi connectivity index (χ0) is 16.3. The van der Waals surface area contributed by atoms with Gasteiger partial charge in [0.25, 0.3) is 5.91 Å². The van der Waals surface area contributed by atoms with Gasteiger partial charge in [0.15, 0.2) is 0 Å². The second-order valence-corrected chi connectivity index (χ2v) is 5.52. The first kappa shape index (κ1) is 16.1. The number of amides is 1. The first-order valence-electron chi connectivity index (χ1n) is 7.21. The van der Waals surface area contributed by atoms with Gasteiger partial charge < -0.3 is 19.9 Å². The Bertz CT molecular complexity index is 555. The third kappa shape index (κ3) is 3.69. The van der Waals surface area contributed by atoms with Crippen LogP contribution in [0.1, 0.15) is 35.2 Å². The van der Waals surface area contributed by atoms with Crippen LogP contribution in [0.4, 0.5) is 0 Å². The van der Waals surface area contributed by atoms with E-state index in [1.54, 1.807) is 12.1 Å². The summed E-state index contributed by atoms with van der Waals surface area (Å²) >= 11 is 0. The van der Waals surface area contributed by atoms with Crippen molar-refractivity contribution in [3.05, 3.63) is 23.3 Å². The fourth-order valence-corrected chi connectivity index (χ4v) is 2.49. The lowest BCUT2D eigenvalue weighted by Crippen LogP contribution is -2.38. The fourth-order valence-electron chi connectivity index (χ4n) is 2.49. The molecule has 2 N–H and O–H groups in total. The molecule has 0 aromatic heterocycles. The van der Waals surface area contributed by atoms with E-state index in [0.717, 1.165) is 18.4 Å². The number of carboxylic acid groups (broad SMARTS) is 1. The van der Waals surface area contributed by atoms with Crippen LogP contribution in [0, 0.1) is 12.8 Å². The van der Waals surface area contributed by atoms with Crippen molar-refractivity contribution in [3.63, 3.8) is 0 Å². The number of ether oxygens (including phenoxy) is 2. The summed E-state index contributed by atoms with van der Waals surface area (Å²) in [6, 6.07) is 2.94. The molecule has 1 atom stereocenters. The second-order valence-electron chi connectivity index (χ2n) is 5.52. The monoisotopic (exact) mass is 307 g/mol. The highest BCUT2D eigenvalue weighted by Crippen LogP contribution is 2.34. The molecule has 1 saturated carbocycles. The number of carbonyl (C=O) groups excluding carboxylic acids is 1. The summed E-state index contributed by atoms with van der Waals surface area (Å²) in [7, 11) is 3.06. The summed E-state index contributed by atoms with van der Waals surface area (Å²) in [5.74, 6) is 0.164. The van der Waals surface area contributed by atoms with E-state index in [1.807, 2.05) is 6.92 Å². The first-order chi connectivity index (χ1) is 10.5. The normalized spacial score (nSPS) is 15.0. The van der Waals surface area contributed by atoms with Gasteiger partial charge in [-0.15, -0.1) is 0 Å². The number of methoxy groups -OCH3 is 2. The Labute approximate surface area is 129 Å². The maximum absolute atomic E-state index is 12.4. The molecule has 0 bridgehead atoms. The summed E-state index contributed by atoms with van der Waals surface area (Å²) in [6.45, 7) is 1.84. The van der Waals surface area contributed by atoms with E-state index < -0.39 is 5.97 Å². The van der Waals surface area contributed by atoms with Crippen LogP contribution in [0.5, 0.6) is 11.5 Å². The summed E-state index contributed by atoms with van der Waals surface area (Å²) in [5.41, 5.74) is 1.21. The van der Waals surface area contributed by atoms with Gasteiger partial charge in [-0.05, 0) is 37.8 Å². The molecule has 1 unspecified atom stereocenters. The van der Waals surface area contributed by atoms with Crippen LogP contribution in [-0.2, 0) is 4.79 Å². The molecule has 1 aliphatic carbocycles. The zero-order valence-electron chi connectivity index (χ0n) is 13.0. The molecule has 6 heteroatoms. The van der Waals surface area contributed by atoms with Gasteiger partial charge >= 0.3 is 5.97 Å². The van der Waals surface area contributed by atoms with Crippen molar-refractivity contribution in [2.75, 3.05) is 14.2 Å². The summed E-state index contributed by atoms with van der Waals surface area (Å²) < 4.78 is 10.5. The quantitative estimate of drug-likeness (QED) is 0.805. The van der Waals surface area contributed by atoms with Crippen LogP contribution in [0.2, 0.25) is 0 Å². The number of carbonyl (C=O) groups is 2. The Balaban J connectivity index is 2.19. The van der Waals surface area contributed by atoms with Gasteiger partial charge in [-0.2, -0.15) is 0 Å². The van der Waals surface area contributed by atoms with Crippen molar-refractivity contribution in [1.82, 2.24) is 5.32 Å². The lowest BCUT2D eigenvalue weighted by Gasteiger charge is -2.17. The number of benzene rings is 1. The second kappa shape index (κ2) is 6.68. The van der Waals surface area contributed by atoms with E-state index >= 15 is 0 Å². The van der Waals surface area contributed by atoms with Gasteiger partial charge in [0.1, 0.15) is 11.5 Å². The lowest BCUT2D eigenvalue weighted by molar-refractivity contribution is -0.137. The molecule has 0 saturated heterocycles. The minimum atomic E-state index is -0.906. The fraction of sp³-hybridized carbons (Fsp3) is 0.500. The Morgan fingerprint density at radius 3 is 2.23 bits per heavy atom. The molecule has 1 aliphatic rings. The number of nitrogens with one attached hydrogen (secondary N) is 1. The molecule has 1 amide bonds. The number of aliphatic carboxylic acids is 1. The van der Waals surface area contributed by atoms with E-state index in [4.69, 9.17) is 14.6 Å². The molecule has 2 rings (SSSR count). The Morgan fingerprint density at radius 2 is 1.82 bits per heavy atom. The standard InChI is InChI=1S/C16H21NO5/c1-9-13(21-2)6-11(7-14(9)22-3)16(20)17-12(8-15(18)19)10-4-5-10/h6-7,10,12H,4-5,8H2,1-3H3,(H,17,20)(H,18,19). The van der Waals surface area contributed by atoms with Crippen molar-refractivity contribution in [3.8, 4) is 11.5 Å². The zero-order valence-corrected chi connectivity index (χ0v) is 13.0. The highest BCUT2D eigenvalue weighted by Gasteiger charge is 2.34. The third-order valence-electron chi connectivity index (χ3n) is 3.92. The molecule has 1 aromatic carbocycles. The molecular weight excluding hydrogens is 286 g/mol. The van der Waals surface area contributed by atoms with E-state index in [1.165, 1.54) is 14.2 Å². The average molecular weight is 307 g/mol. The lowest BCUT2D eigenvalue weighted by atomic mass is 10.1. The minimum Gasteiger partial charge on any atom is -0.496 e. The molecule has 0 aliphatic heterocycles. The number of hydrogen-bond acceptors (Lipinski definition) is 4. The van der Waals surface area contributed by atoms with E-state index in [-0.39, 0.29) is 24.3 Å². The maximum atomic E-state index is 12.4. The van der Waals surface area contributed by atoms with Crippen LogP contribution in [0.15, 0.2) is 12.1 Å². The van der Waals surface area contributed by atoms with Crippen LogP contribution < -0.4 is 14.8 Å². The number of carboxylic acids is 1. The van der Waals surface area contributed by atoms with E-state index in [0.29, 0.717) is 17.1 Å². The van der Waals surface area contributed by atoms with Gasteiger partial charge in [-0.3, -0.25) is 9.59 Å². The molecule has 1 fully saturated rings. The van der Waals surface area contributed by atoms with Crippen molar-refractivity contribution in [2.45, 2.75) is 32.2 Å². The maximum Gasteiger partial charge on any atom is 0.305 e. The predicted molar refractivity (Wildman–Crippen MR) is 80.5 cm³/mol. The largest absolute Gasteiger partial charge is 0.496 e. The van der Waals surface area contributed by atoms with E-state index in [9.17, 15) is 9.59 Å².